The molecule has 0 amide bonds. The Labute approximate surface area is 150 Å². The summed E-state index contributed by atoms with van der Waals surface area (Å²) in [6.45, 7) is 2.32. The van der Waals surface area contributed by atoms with E-state index < -0.39 is 11.9 Å². The van der Waals surface area contributed by atoms with Gasteiger partial charge in [-0.1, -0.05) is 11.6 Å². The van der Waals surface area contributed by atoms with E-state index >= 15 is 0 Å². The van der Waals surface area contributed by atoms with Crippen molar-refractivity contribution in [2.24, 2.45) is 5.92 Å². The predicted molar refractivity (Wildman–Crippen MR) is 97.0 cm³/mol. The van der Waals surface area contributed by atoms with Gasteiger partial charge < -0.3 is 20.5 Å². The van der Waals surface area contributed by atoms with Crippen LogP contribution >= 0.6 is 11.6 Å². The highest BCUT2D eigenvalue weighted by Gasteiger charge is 2.15. The number of hydrogen-bond donors (Lipinski definition) is 4. The van der Waals surface area contributed by atoms with E-state index in [1.807, 2.05) is 6.07 Å². The molecule has 0 bridgehead atoms. The molecule has 0 radical (unpaired) electrons. The van der Waals surface area contributed by atoms with E-state index in [0.717, 1.165) is 24.0 Å². The van der Waals surface area contributed by atoms with Crippen molar-refractivity contribution in [3.05, 3.63) is 47.1 Å². The SMILES string of the molecule is Clc1ccc2[nH]cc(CC3CCNCC3)c2c1.O=C(O)/C=C/C(=O)O. The fourth-order valence-electron chi connectivity index (χ4n) is 2.86. The third-order valence-electron chi connectivity index (χ3n) is 4.07. The number of hydrogen-bond acceptors (Lipinski definition) is 3. The quantitative estimate of drug-likeness (QED) is 0.624. The third-order valence-corrected chi connectivity index (χ3v) is 4.30. The van der Waals surface area contributed by atoms with Gasteiger partial charge in [0, 0.05) is 34.3 Å². The summed E-state index contributed by atoms with van der Waals surface area (Å²) in [6.07, 6.45) is 7.00. The zero-order valence-corrected chi connectivity index (χ0v) is 14.4. The largest absolute Gasteiger partial charge is 0.478 e. The molecular formula is C18H21ClN2O4. The van der Waals surface area contributed by atoms with E-state index in [1.54, 1.807) is 0 Å². The predicted octanol–water partition coefficient (Wildman–Crippen LogP) is 3.08. The first-order chi connectivity index (χ1) is 12.0. The zero-order valence-electron chi connectivity index (χ0n) is 13.7. The molecule has 7 heteroatoms. The van der Waals surface area contributed by atoms with Gasteiger partial charge in [0.15, 0.2) is 0 Å². The van der Waals surface area contributed by atoms with Gasteiger partial charge in [-0.05, 0) is 62.0 Å². The second-order valence-electron chi connectivity index (χ2n) is 5.91. The van der Waals surface area contributed by atoms with Gasteiger partial charge in [-0.3, -0.25) is 0 Å². The Bertz CT molecular complexity index is 748. The summed E-state index contributed by atoms with van der Waals surface area (Å²) in [6, 6.07) is 6.07. The van der Waals surface area contributed by atoms with Crippen LogP contribution in [0.5, 0.6) is 0 Å². The molecule has 0 atom stereocenters. The van der Waals surface area contributed by atoms with Gasteiger partial charge in [0.2, 0.25) is 0 Å². The first kappa shape index (κ1) is 19.0. The monoisotopic (exact) mass is 364 g/mol. The summed E-state index contributed by atoms with van der Waals surface area (Å²) in [5.41, 5.74) is 2.60. The van der Waals surface area contributed by atoms with E-state index in [9.17, 15) is 9.59 Å². The Morgan fingerprint density at radius 2 is 1.80 bits per heavy atom. The number of aromatic amines is 1. The van der Waals surface area contributed by atoms with Crippen molar-refractivity contribution in [2.45, 2.75) is 19.3 Å². The highest BCUT2D eigenvalue weighted by molar-refractivity contribution is 6.31. The van der Waals surface area contributed by atoms with Crippen molar-refractivity contribution in [3.63, 3.8) is 0 Å². The van der Waals surface area contributed by atoms with Crippen LogP contribution in [0.1, 0.15) is 18.4 Å². The van der Waals surface area contributed by atoms with Crippen molar-refractivity contribution >= 4 is 34.4 Å². The number of halogens is 1. The van der Waals surface area contributed by atoms with Crippen LogP contribution in [0.3, 0.4) is 0 Å². The minimum Gasteiger partial charge on any atom is -0.478 e. The maximum absolute atomic E-state index is 9.55. The number of benzene rings is 1. The van der Waals surface area contributed by atoms with Crippen molar-refractivity contribution in [3.8, 4) is 0 Å². The lowest BCUT2D eigenvalue weighted by Gasteiger charge is -2.22. The van der Waals surface area contributed by atoms with Gasteiger partial charge >= 0.3 is 11.9 Å². The average Bonchev–Trinajstić information content (AvgIpc) is 2.97. The van der Waals surface area contributed by atoms with Crippen LogP contribution in [0.15, 0.2) is 36.5 Å². The van der Waals surface area contributed by atoms with Crippen LogP contribution < -0.4 is 5.32 Å². The highest BCUT2D eigenvalue weighted by atomic mass is 35.5. The summed E-state index contributed by atoms with van der Waals surface area (Å²) >= 11 is 6.07. The summed E-state index contributed by atoms with van der Waals surface area (Å²) in [4.78, 5) is 22.4. The molecule has 1 saturated heterocycles. The Morgan fingerprint density at radius 3 is 2.40 bits per heavy atom. The molecule has 0 unspecified atom stereocenters. The molecule has 1 aliphatic heterocycles. The molecule has 2 aromatic rings. The van der Waals surface area contributed by atoms with Gasteiger partial charge in [0.05, 0.1) is 0 Å². The average molecular weight is 365 g/mol. The van der Waals surface area contributed by atoms with Crippen molar-refractivity contribution in [1.29, 1.82) is 0 Å². The molecule has 4 N–H and O–H groups in total. The Balaban J connectivity index is 0.000000242. The third kappa shape index (κ3) is 6.25. The number of piperidine rings is 1. The number of carbonyl (C=O) groups is 2. The fourth-order valence-corrected chi connectivity index (χ4v) is 3.03. The number of aromatic nitrogens is 1. The molecule has 2 heterocycles. The van der Waals surface area contributed by atoms with E-state index in [4.69, 9.17) is 21.8 Å². The van der Waals surface area contributed by atoms with Gasteiger partial charge in [0.1, 0.15) is 0 Å². The zero-order chi connectivity index (χ0) is 18.2. The van der Waals surface area contributed by atoms with Gasteiger partial charge in [-0.2, -0.15) is 0 Å². The highest BCUT2D eigenvalue weighted by Crippen LogP contribution is 2.26. The maximum Gasteiger partial charge on any atom is 0.328 e. The fraction of sp³-hybridized carbons (Fsp3) is 0.333. The van der Waals surface area contributed by atoms with E-state index in [2.05, 4.69) is 28.6 Å². The lowest BCUT2D eigenvalue weighted by atomic mass is 9.91. The van der Waals surface area contributed by atoms with Crippen molar-refractivity contribution in [1.82, 2.24) is 10.3 Å². The van der Waals surface area contributed by atoms with Crippen molar-refractivity contribution < 1.29 is 19.8 Å². The number of aliphatic carboxylic acids is 2. The molecule has 6 nitrogen and oxygen atoms in total. The summed E-state index contributed by atoms with van der Waals surface area (Å²) in [7, 11) is 0. The van der Waals surface area contributed by atoms with Crippen LogP contribution in [-0.2, 0) is 16.0 Å². The first-order valence-corrected chi connectivity index (χ1v) is 8.43. The second kappa shape index (κ2) is 9.25. The second-order valence-corrected chi connectivity index (χ2v) is 6.35. The normalized spacial score (nSPS) is 15.1. The summed E-state index contributed by atoms with van der Waals surface area (Å²) in [5.74, 6) is -1.70. The number of carboxylic acids is 2. The standard InChI is InChI=1S/C14H17ClN2.C4H4O4/c15-12-1-2-14-13(8-12)11(9-17-14)7-10-3-5-16-6-4-10;5-3(6)1-2-4(7)8/h1-2,8-10,16-17H,3-7H2;1-2H,(H,5,6)(H,7,8)/b;2-1+. The molecule has 0 aliphatic carbocycles. The summed E-state index contributed by atoms with van der Waals surface area (Å²) in [5, 5.41) is 21.1. The lowest BCUT2D eigenvalue weighted by Crippen LogP contribution is -2.28. The maximum atomic E-state index is 9.55. The number of nitrogens with one attached hydrogen (secondary N) is 2. The number of fused-ring (bicyclic) bond motifs is 1. The van der Waals surface area contributed by atoms with E-state index in [1.165, 1.54) is 35.7 Å². The van der Waals surface area contributed by atoms with Crippen LogP contribution in [0.4, 0.5) is 0 Å². The minimum atomic E-state index is -1.26. The Morgan fingerprint density at radius 1 is 1.16 bits per heavy atom. The van der Waals surface area contributed by atoms with Gasteiger partial charge in [-0.15, -0.1) is 0 Å². The van der Waals surface area contributed by atoms with Gasteiger partial charge in [0.25, 0.3) is 0 Å². The molecule has 1 aromatic carbocycles. The van der Waals surface area contributed by atoms with E-state index in [0.29, 0.717) is 12.2 Å². The minimum absolute atomic E-state index is 0.558. The summed E-state index contributed by atoms with van der Waals surface area (Å²) < 4.78 is 0. The first-order valence-electron chi connectivity index (χ1n) is 8.06. The molecule has 0 spiro atoms. The van der Waals surface area contributed by atoms with Crippen molar-refractivity contribution in [2.75, 3.05) is 13.1 Å². The molecular weight excluding hydrogens is 344 g/mol. The number of rotatable bonds is 4. The smallest absolute Gasteiger partial charge is 0.328 e. The number of H-pyrrole nitrogens is 1. The van der Waals surface area contributed by atoms with E-state index in [-0.39, 0.29) is 0 Å². The van der Waals surface area contributed by atoms with Crippen LogP contribution in [0.2, 0.25) is 5.02 Å². The Hall–Kier alpha value is -2.31. The molecule has 1 aromatic heterocycles. The molecule has 134 valence electrons. The van der Waals surface area contributed by atoms with Crippen LogP contribution in [-0.4, -0.2) is 40.2 Å². The lowest BCUT2D eigenvalue weighted by molar-refractivity contribution is -0.134. The molecule has 1 aliphatic rings. The topological polar surface area (TPSA) is 102 Å². The van der Waals surface area contributed by atoms with Crippen LogP contribution in [0, 0.1) is 5.92 Å². The molecule has 1 fully saturated rings. The van der Waals surface area contributed by atoms with Crippen LogP contribution in [0.25, 0.3) is 10.9 Å². The number of carboxylic acid groups (broad SMARTS) is 2. The van der Waals surface area contributed by atoms with Gasteiger partial charge in [-0.25, -0.2) is 9.59 Å². The molecule has 25 heavy (non-hydrogen) atoms. The Kier molecular flexibility index (Phi) is 7.03. The molecule has 0 saturated carbocycles. The molecule has 3 rings (SSSR count).